The molecule has 0 spiro atoms. The maximum atomic E-state index is 13.0. The van der Waals surface area contributed by atoms with Crippen LogP contribution in [0.2, 0.25) is 0 Å². The SMILES string of the molecule is Cc1nc([C@H]2CCCN(C(=O)c3cccnc3)C2)nc2c1CCCN2CCc1ccccn1. The van der Waals surface area contributed by atoms with E-state index in [0.29, 0.717) is 12.1 Å². The first-order chi connectivity index (χ1) is 16.2. The summed E-state index contributed by atoms with van der Waals surface area (Å²) >= 11 is 0. The van der Waals surface area contributed by atoms with Gasteiger partial charge in [-0.1, -0.05) is 6.07 Å². The molecule has 0 bridgehead atoms. The number of anilines is 1. The molecule has 0 radical (unpaired) electrons. The fraction of sp³-hybridized carbons (Fsp3) is 0.423. The van der Waals surface area contributed by atoms with Gasteiger partial charge in [0.15, 0.2) is 0 Å². The van der Waals surface area contributed by atoms with Gasteiger partial charge >= 0.3 is 0 Å². The lowest BCUT2D eigenvalue weighted by Crippen LogP contribution is -2.40. The fourth-order valence-corrected chi connectivity index (χ4v) is 4.95. The highest BCUT2D eigenvalue weighted by Gasteiger charge is 2.30. The molecule has 1 atom stereocenters. The van der Waals surface area contributed by atoms with Gasteiger partial charge in [0.1, 0.15) is 11.6 Å². The van der Waals surface area contributed by atoms with Crippen molar-refractivity contribution in [2.24, 2.45) is 0 Å². The maximum absolute atomic E-state index is 13.0. The Kier molecular flexibility index (Phi) is 6.28. The molecule has 0 N–H and O–H groups in total. The molecule has 1 amide bonds. The summed E-state index contributed by atoms with van der Waals surface area (Å²) in [7, 11) is 0. The predicted octanol–water partition coefficient (Wildman–Crippen LogP) is 3.59. The standard InChI is InChI=1S/C26H30N6O/c1-19-23-10-6-14-31(16-11-22-9-2-3-13-28-22)25(23)30-24(29-19)21-8-5-15-32(18-21)26(33)20-7-4-12-27-17-20/h2-4,7,9,12-13,17,21H,5-6,8,10-11,14-16,18H2,1H3/t21-/m0/s1. The molecule has 2 aliphatic rings. The number of pyridine rings is 2. The van der Waals surface area contributed by atoms with Gasteiger partial charge in [-0.25, -0.2) is 9.97 Å². The number of fused-ring (bicyclic) bond motifs is 1. The third-order valence-corrected chi connectivity index (χ3v) is 6.71. The third-order valence-electron chi connectivity index (χ3n) is 6.71. The minimum absolute atomic E-state index is 0.0412. The Hall–Kier alpha value is -3.35. The molecule has 0 unspecified atom stereocenters. The largest absolute Gasteiger partial charge is 0.356 e. The van der Waals surface area contributed by atoms with Crippen LogP contribution in [0.4, 0.5) is 5.82 Å². The third kappa shape index (κ3) is 4.72. The van der Waals surface area contributed by atoms with Crippen LogP contribution < -0.4 is 4.90 Å². The molecule has 3 aromatic heterocycles. The van der Waals surface area contributed by atoms with Crippen molar-refractivity contribution in [1.82, 2.24) is 24.8 Å². The molecule has 33 heavy (non-hydrogen) atoms. The number of amides is 1. The van der Waals surface area contributed by atoms with E-state index < -0.39 is 0 Å². The van der Waals surface area contributed by atoms with E-state index in [1.807, 2.05) is 35.4 Å². The van der Waals surface area contributed by atoms with Crippen molar-refractivity contribution in [3.63, 3.8) is 0 Å². The van der Waals surface area contributed by atoms with Gasteiger partial charge in [0.2, 0.25) is 0 Å². The molecule has 170 valence electrons. The van der Waals surface area contributed by atoms with E-state index in [0.717, 1.165) is 74.8 Å². The molecule has 5 rings (SSSR count). The lowest BCUT2D eigenvalue weighted by molar-refractivity contribution is 0.0704. The molecule has 1 saturated heterocycles. The highest BCUT2D eigenvalue weighted by atomic mass is 16.2. The second-order valence-corrected chi connectivity index (χ2v) is 8.96. The Morgan fingerprint density at radius 3 is 2.85 bits per heavy atom. The van der Waals surface area contributed by atoms with Crippen LogP contribution >= 0.6 is 0 Å². The summed E-state index contributed by atoms with van der Waals surface area (Å²) in [6.07, 6.45) is 10.2. The van der Waals surface area contributed by atoms with Crippen LogP contribution in [-0.4, -0.2) is 56.9 Å². The predicted molar refractivity (Wildman–Crippen MR) is 127 cm³/mol. The van der Waals surface area contributed by atoms with Crippen LogP contribution in [-0.2, 0) is 12.8 Å². The van der Waals surface area contributed by atoms with Crippen LogP contribution in [0.25, 0.3) is 0 Å². The van der Waals surface area contributed by atoms with Gasteiger partial charge < -0.3 is 9.80 Å². The van der Waals surface area contributed by atoms with E-state index in [1.165, 1.54) is 5.56 Å². The summed E-state index contributed by atoms with van der Waals surface area (Å²) < 4.78 is 0. The highest BCUT2D eigenvalue weighted by Crippen LogP contribution is 2.32. The Balaban J connectivity index is 1.35. The normalized spacial score (nSPS) is 18.2. The monoisotopic (exact) mass is 442 g/mol. The van der Waals surface area contributed by atoms with Gasteiger partial charge in [-0.05, 0) is 56.9 Å². The molecule has 2 aliphatic heterocycles. The Morgan fingerprint density at radius 1 is 1.09 bits per heavy atom. The lowest BCUT2D eigenvalue weighted by atomic mass is 9.95. The van der Waals surface area contributed by atoms with E-state index in [-0.39, 0.29) is 11.8 Å². The van der Waals surface area contributed by atoms with Crippen molar-refractivity contribution in [2.45, 2.75) is 44.9 Å². The van der Waals surface area contributed by atoms with E-state index in [1.54, 1.807) is 12.4 Å². The van der Waals surface area contributed by atoms with Crippen LogP contribution in [0.1, 0.15) is 58.3 Å². The minimum atomic E-state index is 0.0412. The Bertz CT molecular complexity index is 1100. The topological polar surface area (TPSA) is 75.1 Å². The second-order valence-electron chi connectivity index (χ2n) is 8.96. The number of aromatic nitrogens is 4. The minimum Gasteiger partial charge on any atom is -0.356 e. The van der Waals surface area contributed by atoms with Crippen molar-refractivity contribution in [2.75, 3.05) is 31.1 Å². The van der Waals surface area contributed by atoms with E-state index in [4.69, 9.17) is 9.97 Å². The average molecular weight is 443 g/mol. The highest BCUT2D eigenvalue weighted by molar-refractivity contribution is 5.94. The van der Waals surface area contributed by atoms with Gasteiger partial charge in [0.25, 0.3) is 5.91 Å². The first-order valence-electron chi connectivity index (χ1n) is 11.9. The van der Waals surface area contributed by atoms with Crippen molar-refractivity contribution in [3.05, 3.63) is 77.3 Å². The molecule has 5 heterocycles. The van der Waals surface area contributed by atoms with E-state index >= 15 is 0 Å². The molecule has 1 fully saturated rings. The number of likely N-dealkylation sites (tertiary alicyclic amines) is 1. The first kappa shape index (κ1) is 21.5. The Morgan fingerprint density at radius 2 is 2.03 bits per heavy atom. The van der Waals surface area contributed by atoms with Crippen LogP contribution in [0.15, 0.2) is 48.9 Å². The number of carbonyl (C=O) groups excluding carboxylic acids is 1. The molecule has 3 aromatic rings. The number of rotatable bonds is 5. The molecule has 0 aliphatic carbocycles. The maximum Gasteiger partial charge on any atom is 0.255 e. The molecule has 7 nitrogen and oxygen atoms in total. The number of hydrogen-bond acceptors (Lipinski definition) is 6. The van der Waals surface area contributed by atoms with Crippen molar-refractivity contribution >= 4 is 11.7 Å². The number of nitrogens with zero attached hydrogens (tertiary/aromatic N) is 6. The summed E-state index contributed by atoms with van der Waals surface area (Å²) in [6.45, 7) is 5.43. The zero-order valence-electron chi connectivity index (χ0n) is 19.2. The van der Waals surface area contributed by atoms with Crippen molar-refractivity contribution < 1.29 is 4.79 Å². The second kappa shape index (κ2) is 9.65. The fourth-order valence-electron chi connectivity index (χ4n) is 4.95. The quantitative estimate of drug-likeness (QED) is 0.601. The van der Waals surface area contributed by atoms with Crippen molar-refractivity contribution in [1.29, 1.82) is 0 Å². The van der Waals surface area contributed by atoms with Gasteiger partial charge in [0.05, 0.1) is 5.56 Å². The zero-order valence-corrected chi connectivity index (χ0v) is 19.2. The molecular weight excluding hydrogens is 412 g/mol. The smallest absolute Gasteiger partial charge is 0.255 e. The number of piperidine rings is 1. The summed E-state index contributed by atoms with van der Waals surface area (Å²) in [4.78, 5) is 35.9. The number of aryl methyl sites for hydroxylation is 1. The number of hydrogen-bond donors (Lipinski definition) is 0. The van der Waals surface area contributed by atoms with Crippen LogP contribution in [0, 0.1) is 6.92 Å². The Labute approximate surface area is 194 Å². The van der Waals surface area contributed by atoms with E-state index in [9.17, 15) is 4.79 Å². The first-order valence-corrected chi connectivity index (χ1v) is 11.9. The number of carbonyl (C=O) groups is 1. The van der Waals surface area contributed by atoms with Gasteiger partial charge in [-0.2, -0.15) is 0 Å². The summed E-state index contributed by atoms with van der Waals surface area (Å²) in [5, 5.41) is 0. The summed E-state index contributed by atoms with van der Waals surface area (Å²) in [5.41, 5.74) is 4.09. The lowest BCUT2D eigenvalue weighted by Gasteiger charge is -2.34. The molecule has 0 saturated carbocycles. The van der Waals surface area contributed by atoms with Crippen LogP contribution in [0.5, 0.6) is 0 Å². The molecule has 0 aromatic carbocycles. The molecule has 7 heteroatoms. The molecular formula is C26H30N6O. The van der Waals surface area contributed by atoms with Crippen molar-refractivity contribution in [3.8, 4) is 0 Å². The van der Waals surface area contributed by atoms with Crippen LogP contribution in [0.3, 0.4) is 0 Å². The summed E-state index contributed by atoms with van der Waals surface area (Å²) in [5.74, 6) is 2.15. The average Bonchev–Trinajstić information content (AvgIpc) is 2.88. The van der Waals surface area contributed by atoms with Gasteiger partial charge in [-0.15, -0.1) is 0 Å². The van der Waals surface area contributed by atoms with Gasteiger partial charge in [0, 0.05) is 74.1 Å². The summed E-state index contributed by atoms with van der Waals surface area (Å²) in [6, 6.07) is 9.72. The zero-order chi connectivity index (χ0) is 22.6. The van der Waals surface area contributed by atoms with E-state index in [2.05, 4.69) is 27.9 Å². The van der Waals surface area contributed by atoms with Gasteiger partial charge in [-0.3, -0.25) is 14.8 Å².